The van der Waals surface area contributed by atoms with Crippen LogP contribution in [0.15, 0.2) is 43.0 Å². The Morgan fingerprint density at radius 2 is 1.79 bits per heavy atom. The average Bonchev–Trinajstić information content (AvgIpc) is 3.08. The zero-order valence-electron chi connectivity index (χ0n) is 10.8. The van der Waals surface area contributed by atoms with Crippen LogP contribution in [0.4, 0.5) is 0 Å². The molecule has 1 aromatic heterocycles. The average molecular weight is 255 g/mol. The lowest BCUT2D eigenvalue weighted by atomic mass is 9.81. The monoisotopic (exact) mass is 255 g/mol. The number of aromatic nitrogens is 1. The predicted molar refractivity (Wildman–Crippen MR) is 73.5 cm³/mol. The molecule has 0 atom stereocenters. The molecule has 3 heteroatoms. The number of hydrogen-bond acceptors (Lipinski definition) is 2. The second kappa shape index (κ2) is 4.05. The first-order valence-electron chi connectivity index (χ1n) is 6.93. The van der Waals surface area contributed by atoms with Crippen LogP contribution in [0, 0.1) is 0 Å². The number of para-hydroxylation sites is 1. The van der Waals surface area contributed by atoms with Crippen LogP contribution < -0.4 is 0 Å². The fourth-order valence-corrected chi connectivity index (χ4v) is 3.37. The lowest BCUT2D eigenvalue weighted by molar-refractivity contribution is -0.164. The van der Waals surface area contributed by atoms with Crippen molar-refractivity contribution in [2.75, 3.05) is 0 Å². The Kier molecular flexibility index (Phi) is 2.34. The fourth-order valence-electron chi connectivity index (χ4n) is 3.37. The van der Waals surface area contributed by atoms with Crippen molar-refractivity contribution in [1.82, 2.24) is 4.98 Å². The van der Waals surface area contributed by atoms with Crippen LogP contribution in [0.1, 0.15) is 37.2 Å². The van der Waals surface area contributed by atoms with E-state index < -0.39 is 0 Å². The number of benzene rings is 1. The Morgan fingerprint density at radius 1 is 1.05 bits per heavy atom. The fraction of sp³-hybridized carbons (Fsp3) is 0.375. The Hall–Kier alpha value is -1.90. The van der Waals surface area contributed by atoms with Gasteiger partial charge in [-0.2, -0.15) is 0 Å². The largest absolute Gasteiger partial charge is 0.457 e. The van der Waals surface area contributed by atoms with Crippen molar-refractivity contribution in [1.29, 1.82) is 0 Å². The Labute approximate surface area is 112 Å². The van der Waals surface area contributed by atoms with Crippen LogP contribution in [0.2, 0.25) is 0 Å². The second-order valence-electron chi connectivity index (χ2n) is 5.48. The van der Waals surface area contributed by atoms with Crippen molar-refractivity contribution in [2.24, 2.45) is 0 Å². The van der Waals surface area contributed by atoms with Gasteiger partial charge in [0.15, 0.2) is 0 Å². The van der Waals surface area contributed by atoms with Crippen molar-refractivity contribution >= 4 is 10.9 Å². The summed E-state index contributed by atoms with van der Waals surface area (Å²) in [6, 6.07) is 8.52. The van der Waals surface area contributed by atoms with E-state index in [0.29, 0.717) is 5.92 Å². The third-order valence-corrected chi connectivity index (χ3v) is 4.43. The van der Waals surface area contributed by atoms with Gasteiger partial charge in [0.1, 0.15) is 12.5 Å². The van der Waals surface area contributed by atoms with Crippen molar-refractivity contribution in [3.8, 4) is 0 Å². The van der Waals surface area contributed by atoms with Crippen LogP contribution >= 0.6 is 0 Å². The molecule has 1 N–H and O–H groups in total. The number of fused-ring (bicyclic) bond motifs is 1. The van der Waals surface area contributed by atoms with Gasteiger partial charge in [-0.25, -0.2) is 0 Å². The molecule has 1 aliphatic carbocycles. The van der Waals surface area contributed by atoms with Crippen molar-refractivity contribution in [2.45, 2.75) is 37.4 Å². The van der Waals surface area contributed by atoms with E-state index in [4.69, 9.17) is 9.47 Å². The standard InChI is InChI=1S/C16H17NO2/c1-2-4-15-13(3-1)14(11-17-15)12-5-7-16(8-6-12)18-9-10-19-16/h1-4,9-12,17H,5-8H2. The van der Waals surface area contributed by atoms with E-state index in [9.17, 15) is 0 Å². The number of hydrogen-bond donors (Lipinski definition) is 1. The summed E-state index contributed by atoms with van der Waals surface area (Å²) in [7, 11) is 0. The van der Waals surface area contributed by atoms with Crippen molar-refractivity contribution in [3.05, 3.63) is 48.5 Å². The van der Waals surface area contributed by atoms with Gasteiger partial charge >= 0.3 is 0 Å². The number of H-pyrrole nitrogens is 1. The van der Waals surface area contributed by atoms with Gasteiger partial charge in [0.25, 0.3) is 0 Å². The smallest absolute Gasteiger partial charge is 0.249 e. The quantitative estimate of drug-likeness (QED) is 0.834. The first kappa shape index (κ1) is 11.0. The van der Waals surface area contributed by atoms with Crippen LogP contribution in [0.25, 0.3) is 10.9 Å². The van der Waals surface area contributed by atoms with Crippen LogP contribution in [0.3, 0.4) is 0 Å². The third-order valence-electron chi connectivity index (χ3n) is 4.43. The van der Waals surface area contributed by atoms with E-state index in [-0.39, 0.29) is 5.79 Å². The van der Waals surface area contributed by atoms with E-state index >= 15 is 0 Å². The highest BCUT2D eigenvalue weighted by Gasteiger charge is 2.40. The van der Waals surface area contributed by atoms with Gasteiger partial charge in [0.05, 0.1) is 0 Å². The summed E-state index contributed by atoms with van der Waals surface area (Å²) in [6.07, 6.45) is 9.67. The third kappa shape index (κ3) is 1.72. The molecular formula is C16H17NO2. The predicted octanol–water partition coefficient (Wildman–Crippen LogP) is 4.04. The highest BCUT2D eigenvalue weighted by Crippen LogP contribution is 2.43. The van der Waals surface area contributed by atoms with Crippen LogP contribution in [-0.4, -0.2) is 10.8 Å². The summed E-state index contributed by atoms with van der Waals surface area (Å²) in [5, 5.41) is 1.36. The van der Waals surface area contributed by atoms with E-state index in [1.165, 1.54) is 16.5 Å². The molecule has 1 fully saturated rings. The summed E-state index contributed by atoms with van der Waals surface area (Å²) in [5.74, 6) is 0.248. The van der Waals surface area contributed by atoms with E-state index in [2.05, 4.69) is 35.4 Å². The summed E-state index contributed by atoms with van der Waals surface area (Å²) in [4.78, 5) is 3.37. The molecule has 0 radical (unpaired) electrons. The SMILES string of the molecule is C1=COC2(CCC(c3c[nH]c4ccccc34)CC2)O1. The minimum absolute atomic E-state index is 0.359. The normalized spacial score (nSPS) is 21.7. The second-order valence-corrected chi connectivity index (χ2v) is 5.48. The molecule has 2 aromatic rings. The van der Waals surface area contributed by atoms with Gasteiger partial charge in [0.2, 0.25) is 5.79 Å². The van der Waals surface area contributed by atoms with Gasteiger partial charge in [-0.1, -0.05) is 18.2 Å². The summed E-state index contributed by atoms with van der Waals surface area (Å²) in [6.45, 7) is 0. The van der Waals surface area contributed by atoms with Gasteiger partial charge < -0.3 is 14.5 Å². The molecular weight excluding hydrogens is 238 g/mol. The molecule has 1 spiro atoms. The maximum absolute atomic E-state index is 5.62. The van der Waals surface area contributed by atoms with E-state index in [1.54, 1.807) is 12.5 Å². The molecule has 0 unspecified atom stereocenters. The molecule has 1 saturated carbocycles. The van der Waals surface area contributed by atoms with E-state index in [0.717, 1.165) is 25.7 Å². The number of nitrogens with one attached hydrogen (secondary N) is 1. The molecule has 98 valence electrons. The molecule has 3 nitrogen and oxygen atoms in total. The summed E-state index contributed by atoms with van der Waals surface area (Å²) in [5.41, 5.74) is 2.67. The molecule has 2 heterocycles. The van der Waals surface area contributed by atoms with Crippen LogP contribution in [0.5, 0.6) is 0 Å². The molecule has 0 saturated heterocycles. The maximum atomic E-state index is 5.62. The first-order chi connectivity index (χ1) is 9.36. The molecule has 0 amide bonds. The summed E-state index contributed by atoms with van der Waals surface area (Å²) < 4.78 is 11.2. The van der Waals surface area contributed by atoms with Gasteiger partial charge in [-0.3, -0.25) is 0 Å². The van der Waals surface area contributed by atoms with Gasteiger partial charge in [-0.05, 0) is 30.4 Å². The molecule has 2 aliphatic rings. The lowest BCUT2D eigenvalue weighted by Crippen LogP contribution is -2.34. The zero-order valence-corrected chi connectivity index (χ0v) is 10.8. The minimum Gasteiger partial charge on any atom is -0.457 e. The highest BCUT2D eigenvalue weighted by atomic mass is 16.7. The van der Waals surface area contributed by atoms with Crippen molar-refractivity contribution < 1.29 is 9.47 Å². The summed E-state index contributed by atoms with van der Waals surface area (Å²) >= 11 is 0. The maximum Gasteiger partial charge on any atom is 0.249 e. The van der Waals surface area contributed by atoms with Crippen LogP contribution in [-0.2, 0) is 9.47 Å². The minimum atomic E-state index is -0.359. The molecule has 1 aromatic carbocycles. The Balaban J connectivity index is 1.58. The molecule has 1 aliphatic heterocycles. The first-order valence-corrected chi connectivity index (χ1v) is 6.93. The van der Waals surface area contributed by atoms with Gasteiger partial charge in [0, 0.05) is 29.9 Å². The molecule has 0 bridgehead atoms. The Morgan fingerprint density at radius 3 is 2.58 bits per heavy atom. The number of aromatic amines is 1. The van der Waals surface area contributed by atoms with E-state index in [1.807, 2.05) is 0 Å². The topological polar surface area (TPSA) is 34.2 Å². The zero-order chi connectivity index (χ0) is 12.7. The lowest BCUT2D eigenvalue weighted by Gasteiger charge is -2.35. The van der Waals surface area contributed by atoms with Gasteiger partial charge in [-0.15, -0.1) is 0 Å². The number of ether oxygens (including phenoxy) is 2. The van der Waals surface area contributed by atoms with Crippen molar-refractivity contribution in [3.63, 3.8) is 0 Å². The Bertz CT molecular complexity index is 610. The highest BCUT2D eigenvalue weighted by molar-refractivity contribution is 5.83. The molecule has 19 heavy (non-hydrogen) atoms. The number of rotatable bonds is 1. The molecule has 4 rings (SSSR count).